The van der Waals surface area contributed by atoms with Crippen LogP contribution in [0.1, 0.15) is 49.1 Å². The molecule has 2 aromatic carbocycles. The highest BCUT2D eigenvalue weighted by Gasteiger charge is 2.18. The van der Waals surface area contributed by atoms with Gasteiger partial charge in [-0.2, -0.15) is 0 Å². The Bertz CT molecular complexity index is 999. The molecule has 1 aliphatic rings. The van der Waals surface area contributed by atoms with Crippen LogP contribution in [0.15, 0.2) is 59.8 Å². The molecule has 0 atom stereocenters. The van der Waals surface area contributed by atoms with E-state index >= 15 is 0 Å². The molecule has 32 heavy (non-hydrogen) atoms. The highest BCUT2D eigenvalue weighted by atomic mass is 32.2. The lowest BCUT2D eigenvalue weighted by molar-refractivity contribution is -0.119. The third-order valence-corrected chi connectivity index (χ3v) is 6.64. The first-order valence-corrected chi connectivity index (χ1v) is 12.2. The van der Waals surface area contributed by atoms with Gasteiger partial charge in [-0.1, -0.05) is 79.1 Å². The van der Waals surface area contributed by atoms with E-state index in [0.717, 1.165) is 35.1 Å². The molecule has 1 aliphatic carbocycles. The second-order valence-electron chi connectivity index (χ2n) is 8.26. The van der Waals surface area contributed by atoms with Crippen LogP contribution in [-0.2, 0) is 17.9 Å². The highest BCUT2D eigenvalue weighted by molar-refractivity contribution is 7.99. The van der Waals surface area contributed by atoms with Gasteiger partial charge < -0.3 is 10.1 Å². The average molecular weight is 451 g/mol. The molecule has 168 valence electrons. The molecule has 0 radical (unpaired) electrons. The molecular formula is C25H30N4O2S. The van der Waals surface area contributed by atoms with Crippen LogP contribution in [0.5, 0.6) is 5.75 Å². The number of nitrogens with zero attached hydrogens (tertiary/aromatic N) is 3. The molecule has 1 fully saturated rings. The number of nitrogens with one attached hydrogen (secondary N) is 1. The lowest BCUT2D eigenvalue weighted by Gasteiger charge is -2.22. The van der Waals surface area contributed by atoms with Crippen LogP contribution >= 0.6 is 11.8 Å². The molecule has 0 aliphatic heterocycles. The van der Waals surface area contributed by atoms with Crippen molar-refractivity contribution in [3.05, 3.63) is 71.5 Å². The first-order chi connectivity index (χ1) is 15.7. The lowest BCUT2D eigenvalue weighted by Crippen LogP contribution is -2.37. The molecule has 0 spiro atoms. The smallest absolute Gasteiger partial charge is 0.230 e. The summed E-state index contributed by atoms with van der Waals surface area (Å²) >= 11 is 1.43. The topological polar surface area (TPSA) is 69.0 Å². The van der Waals surface area contributed by atoms with Crippen molar-refractivity contribution in [2.24, 2.45) is 0 Å². The van der Waals surface area contributed by atoms with Crippen molar-refractivity contribution < 1.29 is 9.53 Å². The molecule has 0 saturated heterocycles. The summed E-state index contributed by atoms with van der Waals surface area (Å²) in [5, 5.41) is 12.7. The van der Waals surface area contributed by atoms with E-state index in [2.05, 4.69) is 27.6 Å². The molecule has 4 rings (SSSR count). The van der Waals surface area contributed by atoms with Crippen molar-refractivity contribution >= 4 is 17.7 Å². The van der Waals surface area contributed by atoms with E-state index in [4.69, 9.17) is 4.74 Å². The maximum atomic E-state index is 12.5. The van der Waals surface area contributed by atoms with Gasteiger partial charge >= 0.3 is 0 Å². The van der Waals surface area contributed by atoms with Crippen LogP contribution in [0.25, 0.3) is 0 Å². The normalized spacial score (nSPS) is 14.3. The van der Waals surface area contributed by atoms with Crippen molar-refractivity contribution in [1.82, 2.24) is 20.1 Å². The molecule has 1 amide bonds. The van der Waals surface area contributed by atoms with Gasteiger partial charge in [-0.05, 0) is 37.5 Å². The Morgan fingerprint density at radius 1 is 1.06 bits per heavy atom. The minimum Gasteiger partial charge on any atom is -0.486 e. The van der Waals surface area contributed by atoms with Crippen LogP contribution in [-0.4, -0.2) is 32.5 Å². The highest BCUT2D eigenvalue weighted by Crippen LogP contribution is 2.22. The van der Waals surface area contributed by atoms with Gasteiger partial charge in [0, 0.05) is 6.04 Å². The third kappa shape index (κ3) is 6.36. The van der Waals surface area contributed by atoms with E-state index in [1.807, 2.05) is 54.0 Å². The molecule has 0 bridgehead atoms. The number of carbonyl (C=O) groups is 1. The van der Waals surface area contributed by atoms with Gasteiger partial charge in [0.05, 0.1) is 12.3 Å². The molecule has 7 heteroatoms. The molecule has 6 nitrogen and oxygen atoms in total. The zero-order valence-electron chi connectivity index (χ0n) is 18.5. The number of thioether (sulfide) groups is 1. The van der Waals surface area contributed by atoms with Crippen LogP contribution < -0.4 is 10.1 Å². The Kier molecular flexibility index (Phi) is 7.82. The maximum Gasteiger partial charge on any atom is 0.230 e. The van der Waals surface area contributed by atoms with Gasteiger partial charge in [0.2, 0.25) is 5.91 Å². The number of benzene rings is 2. The second-order valence-corrected chi connectivity index (χ2v) is 9.21. The van der Waals surface area contributed by atoms with Crippen molar-refractivity contribution in [1.29, 1.82) is 0 Å². The van der Waals surface area contributed by atoms with Gasteiger partial charge in [0.15, 0.2) is 11.0 Å². The summed E-state index contributed by atoms with van der Waals surface area (Å²) in [6.45, 7) is 3.00. The minimum absolute atomic E-state index is 0.0635. The molecular weight excluding hydrogens is 420 g/mol. The minimum atomic E-state index is 0.0635. The van der Waals surface area contributed by atoms with Gasteiger partial charge in [0.1, 0.15) is 12.4 Å². The summed E-state index contributed by atoms with van der Waals surface area (Å²) in [4.78, 5) is 12.5. The Morgan fingerprint density at radius 2 is 1.81 bits per heavy atom. The van der Waals surface area contributed by atoms with Gasteiger partial charge in [-0.25, -0.2) is 0 Å². The van der Waals surface area contributed by atoms with Crippen LogP contribution in [0.4, 0.5) is 0 Å². The lowest BCUT2D eigenvalue weighted by atomic mass is 9.95. The summed E-state index contributed by atoms with van der Waals surface area (Å²) in [7, 11) is 0. The number of hydrogen-bond acceptors (Lipinski definition) is 5. The monoisotopic (exact) mass is 450 g/mol. The number of hydrogen-bond donors (Lipinski definition) is 1. The number of rotatable bonds is 9. The first-order valence-electron chi connectivity index (χ1n) is 11.2. The van der Waals surface area contributed by atoms with Crippen LogP contribution in [0.2, 0.25) is 0 Å². The number of aromatic nitrogens is 3. The van der Waals surface area contributed by atoms with E-state index in [1.54, 1.807) is 0 Å². The standard InChI is InChI=1S/C25H30N4O2S/c1-19-12-14-22(15-13-19)31-17-23-27-28-25(29(23)16-20-8-4-2-5-9-20)32-18-24(30)26-21-10-6-3-7-11-21/h2,4-5,8-9,12-15,21H,3,6-7,10-11,16-18H2,1H3,(H,26,30). The van der Waals surface area contributed by atoms with Crippen LogP contribution in [0, 0.1) is 6.92 Å². The predicted molar refractivity (Wildman–Crippen MR) is 127 cm³/mol. The fourth-order valence-corrected chi connectivity index (χ4v) is 4.65. The summed E-state index contributed by atoms with van der Waals surface area (Å²) in [6, 6.07) is 18.5. The van der Waals surface area contributed by atoms with E-state index in [-0.39, 0.29) is 5.91 Å². The van der Waals surface area contributed by atoms with E-state index < -0.39 is 0 Å². The van der Waals surface area contributed by atoms with E-state index in [1.165, 1.54) is 36.6 Å². The Balaban J connectivity index is 1.43. The Morgan fingerprint density at radius 3 is 2.56 bits per heavy atom. The molecule has 1 saturated carbocycles. The predicted octanol–water partition coefficient (Wildman–Crippen LogP) is 4.75. The van der Waals surface area contributed by atoms with Gasteiger partial charge in [-0.3, -0.25) is 9.36 Å². The number of amides is 1. The van der Waals surface area contributed by atoms with Gasteiger partial charge in [-0.15, -0.1) is 10.2 Å². The number of ether oxygens (including phenoxy) is 1. The summed E-state index contributed by atoms with van der Waals surface area (Å²) in [6.07, 6.45) is 5.85. The summed E-state index contributed by atoms with van der Waals surface area (Å²) < 4.78 is 8.00. The largest absolute Gasteiger partial charge is 0.486 e. The quantitative estimate of drug-likeness (QED) is 0.476. The number of aryl methyl sites for hydroxylation is 1. The zero-order chi connectivity index (χ0) is 22.2. The summed E-state index contributed by atoms with van der Waals surface area (Å²) in [5.41, 5.74) is 2.34. The molecule has 0 unspecified atom stereocenters. The molecule has 1 N–H and O–H groups in total. The van der Waals surface area contributed by atoms with Crippen molar-refractivity contribution in [2.75, 3.05) is 5.75 Å². The Labute approximate surface area is 193 Å². The van der Waals surface area contributed by atoms with Crippen molar-refractivity contribution in [2.45, 2.75) is 63.4 Å². The van der Waals surface area contributed by atoms with Crippen molar-refractivity contribution in [3.63, 3.8) is 0 Å². The molecule has 1 heterocycles. The van der Waals surface area contributed by atoms with E-state index in [9.17, 15) is 4.79 Å². The first kappa shape index (κ1) is 22.4. The fraction of sp³-hybridized carbons (Fsp3) is 0.400. The summed E-state index contributed by atoms with van der Waals surface area (Å²) in [5.74, 6) is 1.94. The average Bonchev–Trinajstić information content (AvgIpc) is 3.20. The zero-order valence-corrected chi connectivity index (χ0v) is 19.3. The van der Waals surface area contributed by atoms with Gasteiger partial charge in [0.25, 0.3) is 0 Å². The van der Waals surface area contributed by atoms with E-state index in [0.29, 0.717) is 24.9 Å². The van der Waals surface area contributed by atoms with Crippen LogP contribution in [0.3, 0.4) is 0 Å². The SMILES string of the molecule is Cc1ccc(OCc2nnc(SCC(=O)NC3CCCCC3)n2Cc2ccccc2)cc1. The second kappa shape index (κ2) is 11.2. The van der Waals surface area contributed by atoms with Crippen molar-refractivity contribution in [3.8, 4) is 5.75 Å². The maximum absolute atomic E-state index is 12.5. The fourth-order valence-electron chi connectivity index (χ4n) is 3.89. The molecule has 3 aromatic rings. The third-order valence-electron chi connectivity index (χ3n) is 5.67. The molecule has 1 aromatic heterocycles. The Hall–Kier alpha value is -2.80. The number of carbonyl (C=O) groups excluding carboxylic acids is 1.